The zero-order valence-corrected chi connectivity index (χ0v) is 13.5. The highest BCUT2D eigenvalue weighted by molar-refractivity contribution is 9.10. The highest BCUT2D eigenvalue weighted by atomic mass is 79.9. The van der Waals surface area contributed by atoms with Gasteiger partial charge in [-0.1, -0.05) is 28.1 Å². The lowest BCUT2D eigenvalue weighted by atomic mass is 9.94. The van der Waals surface area contributed by atoms with Crippen LogP contribution in [0.3, 0.4) is 0 Å². The Morgan fingerprint density at radius 1 is 1.14 bits per heavy atom. The fraction of sp³-hybridized carbons (Fsp3) is 0.176. The molecule has 0 radical (unpaired) electrons. The van der Waals surface area contributed by atoms with Crippen LogP contribution in [0.25, 0.3) is 10.9 Å². The first kappa shape index (κ1) is 14.0. The number of halogens is 1. The Hall–Kier alpha value is -1.66. The van der Waals surface area contributed by atoms with Gasteiger partial charge in [0.1, 0.15) is 0 Å². The number of benzene rings is 2. The molecular formula is C17H17BrN3O+. The molecular weight excluding hydrogens is 342 g/mol. The molecule has 112 valence electrons. The van der Waals surface area contributed by atoms with Crippen molar-refractivity contribution in [2.24, 2.45) is 0 Å². The van der Waals surface area contributed by atoms with Gasteiger partial charge in [0.25, 0.3) is 0 Å². The SMILES string of the molecule is O[NH2+]c1ccc(C2NCCc3c2[nH]c2ccc(Br)cc32)cc1. The number of nitrogens with one attached hydrogen (secondary N) is 2. The molecule has 0 fully saturated rings. The van der Waals surface area contributed by atoms with Gasteiger partial charge in [-0.05, 0) is 35.7 Å². The van der Waals surface area contributed by atoms with Crippen LogP contribution in [-0.4, -0.2) is 16.7 Å². The number of aromatic amines is 1. The van der Waals surface area contributed by atoms with Gasteiger partial charge in [-0.25, -0.2) is 5.21 Å². The van der Waals surface area contributed by atoms with E-state index in [1.807, 2.05) is 12.1 Å². The molecule has 4 nitrogen and oxygen atoms in total. The molecule has 5 N–H and O–H groups in total. The van der Waals surface area contributed by atoms with E-state index in [1.54, 1.807) is 0 Å². The third-order valence-corrected chi connectivity index (χ3v) is 4.83. The van der Waals surface area contributed by atoms with Gasteiger partial charge < -0.3 is 10.3 Å². The molecule has 5 heteroatoms. The van der Waals surface area contributed by atoms with Gasteiger partial charge in [0.15, 0.2) is 5.69 Å². The van der Waals surface area contributed by atoms with E-state index in [-0.39, 0.29) is 6.04 Å². The molecule has 1 aromatic heterocycles. The van der Waals surface area contributed by atoms with E-state index >= 15 is 0 Å². The third-order valence-electron chi connectivity index (χ3n) is 4.33. The first-order chi connectivity index (χ1) is 10.8. The summed E-state index contributed by atoms with van der Waals surface area (Å²) in [6.07, 6.45) is 1.03. The van der Waals surface area contributed by atoms with Crippen LogP contribution in [0.5, 0.6) is 0 Å². The molecule has 4 rings (SSSR count). The Kier molecular flexibility index (Phi) is 3.50. The summed E-state index contributed by atoms with van der Waals surface area (Å²) < 4.78 is 1.11. The Morgan fingerprint density at radius 3 is 2.73 bits per heavy atom. The van der Waals surface area contributed by atoms with Gasteiger partial charge >= 0.3 is 0 Å². The van der Waals surface area contributed by atoms with E-state index in [0.717, 1.165) is 28.6 Å². The van der Waals surface area contributed by atoms with Crippen molar-refractivity contribution in [3.8, 4) is 0 Å². The van der Waals surface area contributed by atoms with Crippen molar-refractivity contribution in [1.29, 1.82) is 0 Å². The Labute approximate surface area is 136 Å². The second-order valence-corrected chi connectivity index (χ2v) is 6.56. The van der Waals surface area contributed by atoms with Gasteiger partial charge in [-0.2, -0.15) is 5.48 Å². The standard InChI is InChI=1S/C17H16BrN3O/c18-11-3-6-15-14(9-11)13-7-8-19-16(17(13)20-15)10-1-4-12(21-22)5-2-10/h1-6,9,16,19-22H,7-8H2/p+1. The molecule has 1 aliphatic rings. The van der Waals surface area contributed by atoms with Gasteiger partial charge in [0.2, 0.25) is 0 Å². The fourth-order valence-corrected chi connectivity index (χ4v) is 3.62. The summed E-state index contributed by atoms with van der Waals surface area (Å²) in [7, 11) is 0. The first-order valence-corrected chi connectivity index (χ1v) is 8.16. The number of quaternary nitrogens is 1. The third kappa shape index (κ3) is 2.27. The van der Waals surface area contributed by atoms with E-state index in [1.165, 1.54) is 27.7 Å². The predicted octanol–water partition coefficient (Wildman–Crippen LogP) is 2.75. The molecule has 3 aromatic rings. The van der Waals surface area contributed by atoms with Gasteiger partial charge in [-0.3, -0.25) is 0 Å². The minimum atomic E-state index is 0.169. The molecule has 0 saturated carbocycles. The normalized spacial score (nSPS) is 17.6. The Balaban J connectivity index is 1.82. The second-order valence-electron chi connectivity index (χ2n) is 5.64. The number of nitrogens with two attached hydrogens (primary N) is 1. The lowest BCUT2D eigenvalue weighted by molar-refractivity contribution is -0.825. The number of H-pyrrole nitrogens is 1. The van der Waals surface area contributed by atoms with Crippen molar-refractivity contribution in [3.05, 3.63) is 63.8 Å². The van der Waals surface area contributed by atoms with Gasteiger partial charge in [-0.15, -0.1) is 0 Å². The fourth-order valence-electron chi connectivity index (χ4n) is 3.26. The molecule has 0 bridgehead atoms. The quantitative estimate of drug-likeness (QED) is 0.420. The summed E-state index contributed by atoms with van der Waals surface area (Å²) in [6.45, 7) is 0.963. The minimum absolute atomic E-state index is 0.169. The topological polar surface area (TPSA) is 64.7 Å². The average Bonchev–Trinajstić information content (AvgIpc) is 2.93. The lowest BCUT2D eigenvalue weighted by Crippen LogP contribution is -2.73. The van der Waals surface area contributed by atoms with E-state index in [2.05, 4.69) is 56.6 Å². The van der Waals surface area contributed by atoms with Crippen molar-refractivity contribution in [3.63, 3.8) is 0 Å². The van der Waals surface area contributed by atoms with E-state index in [4.69, 9.17) is 5.21 Å². The zero-order valence-electron chi connectivity index (χ0n) is 11.9. The number of aromatic nitrogens is 1. The predicted molar refractivity (Wildman–Crippen MR) is 89.4 cm³/mol. The minimum Gasteiger partial charge on any atom is -0.357 e. The molecule has 1 unspecified atom stereocenters. The summed E-state index contributed by atoms with van der Waals surface area (Å²) in [4.78, 5) is 3.58. The first-order valence-electron chi connectivity index (χ1n) is 7.37. The largest absolute Gasteiger partial charge is 0.357 e. The van der Waals surface area contributed by atoms with Crippen LogP contribution >= 0.6 is 15.9 Å². The Morgan fingerprint density at radius 2 is 1.95 bits per heavy atom. The number of rotatable bonds is 2. The zero-order chi connectivity index (χ0) is 15.1. The monoisotopic (exact) mass is 358 g/mol. The van der Waals surface area contributed by atoms with Gasteiger partial charge in [0, 0.05) is 39.7 Å². The maximum absolute atomic E-state index is 9.07. The molecule has 1 aliphatic heterocycles. The van der Waals surface area contributed by atoms with Crippen LogP contribution in [0, 0.1) is 0 Å². The Bertz CT molecular complexity index is 826. The molecule has 2 aromatic carbocycles. The van der Waals surface area contributed by atoms with Crippen LogP contribution in [0.2, 0.25) is 0 Å². The van der Waals surface area contributed by atoms with Crippen molar-refractivity contribution in [1.82, 2.24) is 10.3 Å². The average molecular weight is 359 g/mol. The summed E-state index contributed by atoms with van der Waals surface area (Å²) in [5, 5.41) is 14.0. The van der Waals surface area contributed by atoms with Crippen LogP contribution in [0.15, 0.2) is 46.9 Å². The van der Waals surface area contributed by atoms with Gasteiger partial charge in [0.05, 0.1) is 6.04 Å². The number of hydrogen-bond acceptors (Lipinski definition) is 2. The summed E-state index contributed by atoms with van der Waals surface area (Å²) in [5.41, 5.74) is 6.99. The summed E-state index contributed by atoms with van der Waals surface area (Å²) in [6, 6.07) is 14.6. The van der Waals surface area contributed by atoms with Crippen LogP contribution < -0.4 is 10.8 Å². The van der Waals surface area contributed by atoms with Crippen LogP contribution in [-0.2, 0) is 6.42 Å². The highest BCUT2D eigenvalue weighted by Gasteiger charge is 2.25. The van der Waals surface area contributed by atoms with Crippen molar-refractivity contribution < 1.29 is 10.7 Å². The highest BCUT2D eigenvalue weighted by Crippen LogP contribution is 2.34. The molecule has 0 spiro atoms. The number of fused-ring (bicyclic) bond motifs is 3. The van der Waals surface area contributed by atoms with E-state index in [0.29, 0.717) is 0 Å². The van der Waals surface area contributed by atoms with Crippen molar-refractivity contribution in [2.45, 2.75) is 12.5 Å². The summed E-state index contributed by atoms with van der Waals surface area (Å²) in [5.74, 6) is 0. The molecule has 0 saturated heterocycles. The molecule has 2 heterocycles. The van der Waals surface area contributed by atoms with Crippen molar-refractivity contribution in [2.75, 3.05) is 6.54 Å². The smallest absolute Gasteiger partial charge is 0.161 e. The van der Waals surface area contributed by atoms with E-state index in [9.17, 15) is 0 Å². The van der Waals surface area contributed by atoms with Crippen molar-refractivity contribution >= 4 is 32.5 Å². The number of hydrogen-bond donors (Lipinski definition) is 4. The molecule has 22 heavy (non-hydrogen) atoms. The second kappa shape index (κ2) is 5.52. The van der Waals surface area contributed by atoms with E-state index < -0.39 is 0 Å². The maximum Gasteiger partial charge on any atom is 0.161 e. The van der Waals surface area contributed by atoms with Crippen LogP contribution in [0.1, 0.15) is 22.9 Å². The lowest BCUT2D eigenvalue weighted by Gasteiger charge is -2.24. The molecule has 1 atom stereocenters. The molecule has 0 amide bonds. The maximum atomic E-state index is 9.07. The summed E-state index contributed by atoms with van der Waals surface area (Å²) >= 11 is 3.56. The van der Waals surface area contributed by atoms with Crippen LogP contribution in [0.4, 0.5) is 5.69 Å². The molecule has 0 aliphatic carbocycles.